The molecule has 0 heterocycles. The molecule has 0 bridgehead atoms. The van der Waals surface area contributed by atoms with Gasteiger partial charge in [0, 0.05) is 36.3 Å². The Morgan fingerprint density at radius 1 is 1.31 bits per heavy atom. The van der Waals surface area contributed by atoms with Crippen molar-refractivity contribution in [1.29, 1.82) is 0 Å². The average molecular weight is 372 g/mol. The highest BCUT2D eigenvalue weighted by molar-refractivity contribution is 8.02. The van der Waals surface area contributed by atoms with Gasteiger partial charge in [-0.25, -0.2) is 0 Å². The Labute approximate surface area is 161 Å². The molecule has 0 fully saturated rings. The van der Waals surface area contributed by atoms with E-state index in [-0.39, 0.29) is 5.78 Å². The Bertz CT molecular complexity index is 636. The van der Waals surface area contributed by atoms with Crippen LogP contribution in [0.4, 0.5) is 0 Å². The number of Topliss-reactive ketones (excluding diaryl/α,β-unsaturated/α-hetero) is 1. The first-order chi connectivity index (χ1) is 12.6. The largest absolute Gasteiger partial charge is 0.381 e. The molecule has 1 aromatic carbocycles. The zero-order valence-corrected chi connectivity index (χ0v) is 16.5. The summed E-state index contributed by atoms with van der Waals surface area (Å²) in [5.41, 5.74) is 2.49. The van der Waals surface area contributed by atoms with Gasteiger partial charge in [-0.3, -0.25) is 9.79 Å². The third-order valence-corrected chi connectivity index (χ3v) is 3.79. The number of aliphatic imine (C=N–C) groups is 1. The number of benzene rings is 1. The van der Waals surface area contributed by atoms with Gasteiger partial charge in [-0.1, -0.05) is 49.6 Å². The molecule has 140 valence electrons. The molecule has 2 N–H and O–H groups in total. The first kappa shape index (κ1) is 23.6. The highest BCUT2D eigenvalue weighted by atomic mass is 32.2. The summed E-state index contributed by atoms with van der Waals surface area (Å²) in [4.78, 5) is 14.9. The third-order valence-electron chi connectivity index (χ3n) is 3.09. The number of rotatable bonds is 11. The van der Waals surface area contributed by atoms with Crippen LogP contribution in [0.5, 0.6) is 0 Å². The van der Waals surface area contributed by atoms with Crippen molar-refractivity contribution in [3.05, 3.63) is 84.1 Å². The van der Waals surface area contributed by atoms with E-state index in [1.165, 1.54) is 0 Å². The maximum Gasteiger partial charge on any atom is 0.160 e. The van der Waals surface area contributed by atoms with Crippen LogP contribution in [0, 0.1) is 0 Å². The van der Waals surface area contributed by atoms with E-state index in [1.807, 2.05) is 36.7 Å². The summed E-state index contributed by atoms with van der Waals surface area (Å²) < 4.78 is 0. The lowest BCUT2D eigenvalue weighted by Gasteiger charge is -2.09. The van der Waals surface area contributed by atoms with E-state index in [2.05, 4.69) is 47.7 Å². The summed E-state index contributed by atoms with van der Waals surface area (Å²) in [5, 5.41) is 8.03. The van der Waals surface area contributed by atoms with Gasteiger partial charge in [-0.2, -0.15) is 0 Å². The van der Waals surface area contributed by atoms with Crippen LogP contribution in [-0.2, 0) is 6.54 Å². The van der Waals surface area contributed by atoms with Gasteiger partial charge in [0.15, 0.2) is 5.78 Å². The second kappa shape index (κ2) is 16.1. The number of carbonyl (C=O) groups excluding carboxylic acids is 1. The van der Waals surface area contributed by atoms with Crippen molar-refractivity contribution in [3.63, 3.8) is 0 Å². The van der Waals surface area contributed by atoms with Crippen molar-refractivity contribution < 1.29 is 4.79 Å². The van der Waals surface area contributed by atoms with Crippen LogP contribution in [0.25, 0.3) is 0 Å². The molecule has 0 aromatic heterocycles. The SMILES string of the molecule is C=CC(=C)NCc1ccccc1C(C)=O.C=N/C=C\SC/C=C\CNC. The van der Waals surface area contributed by atoms with Gasteiger partial charge in [0.05, 0.1) is 0 Å². The molecule has 0 saturated heterocycles. The average Bonchev–Trinajstić information content (AvgIpc) is 2.66. The van der Waals surface area contributed by atoms with Crippen LogP contribution in [0.2, 0.25) is 0 Å². The molecule has 1 aromatic rings. The predicted molar refractivity (Wildman–Crippen MR) is 117 cm³/mol. The molecule has 0 amide bonds. The topological polar surface area (TPSA) is 53.5 Å². The fraction of sp³-hybridized carbons (Fsp3) is 0.238. The number of carbonyl (C=O) groups is 1. The number of hydrogen-bond acceptors (Lipinski definition) is 5. The second-order valence-corrected chi connectivity index (χ2v) is 6.07. The van der Waals surface area contributed by atoms with Crippen LogP contribution >= 0.6 is 11.8 Å². The zero-order chi connectivity index (χ0) is 19.6. The molecule has 0 unspecified atom stereocenters. The third kappa shape index (κ3) is 12.1. The fourth-order valence-electron chi connectivity index (χ4n) is 1.77. The molecule has 0 atom stereocenters. The number of thioether (sulfide) groups is 1. The number of ketones is 1. The van der Waals surface area contributed by atoms with E-state index >= 15 is 0 Å². The summed E-state index contributed by atoms with van der Waals surface area (Å²) >= 11 is 1.70. The number of hydrogen-bond donors (Lipinski definition) is 2. The monoisotopic (exact) mass is 371 g/mol. The smallest absolute Gasteiger partial charge is 0.160 e. The van der Waals surface area contributed by atoms with Gasteiger partial charge in [-0.05, 0) is 37.7 Å². The minimum absolute atomic E-state index is 0.0802. The predicted octanol–water partition coefficient (Wildman–Crippen LogP) is 4.35. The highest BCUT2D eigenvalue weighted by Gasteiger charge is 2.05. The van der Waals surface area contributed by atoms with Gasteiger partial charge < -0.3 is 10.6 Å². The number of nitrogens with one attached hydrogen (secondary N) is 2. The van der Waals surface area contributed by atoms with E-state index < -0.39 is 0 Å². The van der Waals surface area contributed by atoms with Gasteiger partial charge in [0.1, 0.15) is 0 Å². The molecule has 0 spiro atoms. The summed E-state index contributed by atoms with van der Waals surface area (Å²) in [6, 6.07) is 7.54. The van der Waals surface area contributed by atoms with Crippen molar-refractivity contribution in [2.24, 2.45) is 4.99 Å². The highest BCUT2D eigenvalue weighted by Crippen LogP contribution is 2.09. The van der Waals surface area contributed by atoms with Gasteiger partial charge >= 0.3 is 0 Å². The van der Waals surface area contributed by atoms with Crippen molar-refractivity contribution in [2.75, 3.05) is 19.3 Å². The molecule has 0 aliphatic rings. The molecule has 5 heteroatoms. The number of likely N-dealkylation sites (N-methyl/N-ethyl adjacent to an activating group) is 1. The quantitative estimate of drug-likeness (QED) is 0.200. The first-order valence-corrected chi connectivity index (χ1v) is 9.27. The molecule has 0 radical (unpaired) electrons. The van der Waals surface area contributed by atoms with Crippen LogP contribution in [0.3, 0.4) is 0 Å². The standard InChI is InChI=1S/C13H15NO.C8H14N2S/c1-4-10(2)14-9-12-7-5-6-8-13(12)11(3)15;1-9-5-3-4-7-11-8-6-10-2/h4-8,14H,1-2,9H2,3H3;3-4,6,8-9H,2,5,7H2,1H3/b;4-3-,8-6-. The number of nitrogens with zero attached hydrogens (tertiary/aromatic N) is 1. The summed E-state index contributed by atoms with van der Waals surface area (Å²) in [6.07, 6.45) is 7.56. The van der Waals surface area contributed by atoms with Crippen molar-refractivity contribution in [3.8, 4) is 0 Å². The molecule has 1 rings (SSSR count). The summed E-state index contributed by atoms with van der Waals surface area (Å²) in [7, 11) is 1.93. The first-order valence-electron chi connectivity index (χ1n) is 8.22. The van der Waals surface area contributed by atoms with Gasteiger partial charge in [0.2, 0.25) is 0 Å². The van der Waals surface area contributed by atoms with E-state index in [1.54, 1.807) is 31.0 Å². The second-order valence-electron chi connectivity index (χ2n) is 5.13. The lowest BCUT2D eigenvalue weighted by atomic mass is 10.0. The van der Waals surface area contributed by atoms with Gasteiger partial charge in [-0.15, -0.1) is 11.8 Å². The molecule has 0 saturated carbocycles. The number of allylic oxidation sites excluding steroid dienone is 1. The Morgan fingerprint density at radius 3 is 2.65 bits per heavy atom. The molecular formula is C21H29N3OS. The van der Waals surface area contributed by atoms with E-state index in [0.29, 0.717) is 6.54 Å². The van der Waals surface area contributed by atoms with E-state index in [9.17, 15) is 4.79 Å². The maximum atomic E-state index is 11.3. The normalized spacial score (nSPS) is 10.2. The minimum Gasteiger partial charge on any atom is -0.381 e. The van der Waals surface area contributed by atoms with Crippen LogP contribution in [0.1, 0.15) is 22.8 Å². The molecule has 0 aliphatic carbocycles. The lowest BCUT2D eigenvalue weighted by molar-refractivity contribution is 0.101. The molecule has 26 heavy (non-hydrogen) atoms. The molecule has 4 nitrogen and oxygen atoms in total. The van der Waals surface area contributed by atoms with Crippen LogP contribution in [-0.4, -0.2) is 31.8 Å². The molecular weight excluding hydrogens is 342 g/mol. The summed E-state index contributed by atoms with van der Waals surface area (Å²) in [5.74, 6) is 1.07. The Hall–Kier alpha value is -2.37. The molecule has 0 aliphatic heterocycles. The van der Waals surface area contributed by atoms with Crippen LogP contribution < -0.4 is 10.6 Å². The Morgan fingerprint density at radius 2 is 2.04 bits per heavy atom. The lowest BCUT2D eigenvalue weighted by Crippen LogP contribution is -2.12. The van der Waals surface area contributed by atoms with Crippen molar-refractivity contribution in [2.45, 2.75) is 13.5 Å². The minimum atomic E-state index is 0.0802. The van der Waals surface area contributed by atoms with Crippen LogP contribution in [0.15, 0.2) is 77.9 Å². The maximum absolute atomic E-state index is 11.3. The van der Waals surface area contributed by atoms with Crippen molar-refractivity contribution in [1.82, 2.24) is 10.6 Å². The Balaban J connectivity index is 0.000000508. The zero-order valence-electron chi connectivity index (χ0n) is 15.7. The van der Waals surface area contributed by atoms with Gasteiger partial charge in [0.25, 0.3) is 0 Å². The fourth-order valence-corrected chi connectivity index (χ4v) is 2.30. The van der Waals surface area contributed by atoms with E-state index in [0.717, 1.165) is 29.1 Å². The van der Waals surface area contributed by atoms with E-state index in [4.69, 9.17) is 0 Å². The Kier molecular flexibility index (Phi) is 14.6. The van der Waals surface area contributed by atoms with Crippen molar-refractivity contribution >= 4 is 24.3 Å². The summed E-state index contributed by atoms with van der Waals surface area (Å²) in [6.45, 7) is 13.8.